The molecule has 0 bridgehead atoms. The molecule has 1 aliphatic heterocycles. The second-order valence-electron chi connectivity index (χ2n) is 7.96. The van der Waals surface area contributed by atoms with E-state index >= 15 is 0 Å². The van der Waals surface area contributed by atoms with Gasteiger partial charge in [-0.3, -0.25) is 9.59 Å². The van der Waals surface area contributed by atoms with Crippen LogP contribution < -0.4 is 9.47 Å². The maximum absolute atomic E-state index is 13.1. The molecule has 7 heteroatoms. The number of para-hydroxylation sites is 1. The van der Waals surface area contributed by atoms with Gasteiger partial charge in [0.05, 0.1) is 31.9 Å². The highest BCUT2D eigenvalue weighted by molar-refractivity contribution is 6.46. The van der Waals surface area contributed by atoms with E-state index < -0.39 is 17.7 Å². The first-order valence-electron chi connectivity index (χ1n) is 10.5. The van der Waals surface area contributed by atoms with Crippen molar-refractivity contribution >= 4 is 17.4 Å². The summed E-state index contributed by atoms with van der Waals surface area (Å²) >= 11 is 0. The largest absolute Gasteiger partial charge is 0.507 e. The molecule has 0 aromatic heterocycles. The van der Waals surface area contributed by atoms with Crippen LogP contribution in [0.25, 0.3) is 5.76 Å². The van der Waals surface area contributed by atoms with Crippen molar-refractivity contribution in [3.63, 3.8) is 0 Å². The third-order valence-corrected chi connectivity index (χ3v) is 5.20. The average Bonchev–Trinajstić information content (AvgIpc) is 3.05. The molecule has 0 saturated carbocycles. The zero-order chi connectivity index (χ0) is 23.3. The molecule has 170 valence electrons. The Hall–Kier alpha value is -3.32. The molecule has 1 amide bonds. The Morgan fingerprint density at radius 3 is 2.53 bits per heavy atom. The van der Waals surface area contributed by atoms with Gasteiger partial charge < -0.3 is 24.2 Å². The zero-order valence-electron chi connectivity index (χ0n) is 18.8. The highest BCUT2D eigenvalue weighted by atomic mass is 16.5. The number of Topliss-reactive ketones (excluding diaryl/α,β-unsaturated/α-hetero) is 1. The molecule has 1 fully saturated rings. The molecule has 32 heavy (non-hydrogen) atoms. The Morgan fingerprint density at radius 2 is 1.84 bits per heavy atom. The summed E-state index contributed by atoms with van der Waals surface area (Å²) in [6, 6.07) is 13.2. The normalized spacial score (nSPS) is 17.8. The molecule has 1 atom stereocenters. The second kappa shape index (κ2) is 10.3. The van der Waals surface area contributed by atoms with Crippen LogP contribution in [-0.2, 0) is 14.3 Å². The SMILES string of the molecule is COCCN1C(=O)C(=O)/C(=C(\O)c2cccc(OCC(C)C)c2)C1c1ccccc1OC. The van der Waals surface area contributed by atoms with Gasteiger partial charge in [0.1, 0.15) is 17.3 Å². The van der Waals surface area contributed by atoms with Crippen LogP contribution in [0, 0.1) is 5.92 Å². The summed E-state index contributed by atoms with van der Waals surface area (Å²) in [5.41, 5.74) is 1.02. The van der Waals surface area contributed by atoms with Crippen LogP contribution in [-0.4, -0.2) is 55.7 Å². The minimum absolute atomic E-state index is 0.0108. The second-order valence-corrected chi connectivity index (χ2v) is 7.96. The summed E-state index contributed by atoms with van der Waals surface area (Å²) < 4.78 is 16.4. The number of amides is 1. The molecule has 1 N–H and O–H groups in total. The number of ether oxygens (including phenoxy) is 3. The van der Waals surface area contributed by atoms with E-state index in [0.717, 1.165) is 0 Å². The molecular weight excluding hydrogens is 410 g/mol. The predicted octanol–water partition coefficient (Wildman–Crippen LogP) is 3.80. The first-order chi connectivity index (χ1) is 15.4. The number of benzene rings is 2. The first-order valence-corrected chi connectivity index (χ1v) is 10.5. The first kappa shape index (κ1) is 23.3. The van der Waals surface area contributed by atoms with Gasteiger partial charge in [-0.05, 0) is 24.1 Å². The number of aliphatic hydroxyl groups is 1. The van der Waals surface area contributed by atoms with Gasteiger partial charge >= 0.3 is 0 Å². The minimum atomic E-state index is -0.804. The van der Waals surface area contributed by atoms with Gasteiger partial charge in [-0.15, -0.1) is 0 Å². The number of rotatable bonds is 9. The van der Waals surface area contributed by atoms with Crippen LogP contribution in [0.4, 0.5) is 0 Å². The van der Waals surface area contributed by atoms with Gasteiger partial charge in [-0.2, -0.15) is 0 Å². The Kier molecular flexibility index (Phi) is 7.53. The Bertz CT molecular complexity index is 1010. The minimum Gasteiger partial charge on any atom is -0.507 e. The van der Waals surface area contributed by atoms with Gasteiger partial charge in [0, 0.05) is 24.8 Å². The number of aliphatic hydroxyl groups excluding tert-OH is 1. The maximum Gasteiger partial charge on any atom is 0.295 e. The summed E-state index contributed by atoms with van der Waals surface area (Å²) in [6.07, 6.45) is 0. The number of carbonyl (C=O) groups excluding carboxylic acids is 2. The van der Waals surface area contributed by atoms with Crippen LogP contribution in [0.3, 0.4) is 0 Å². The van der Waals surface area contributed by atoms with Crippen LogP contribution in [0.5, 0.6) is 11.5 Å². The number of carbonyl (C=O) groups is 2. The smallest absolute Gasteiger partial charge is 0.295 e. The number of methoxy groups -OCH3 is 2. The van der Waals surface area contributed by atoms with Crippen molar-refractivity contribution in [3.05, 3.63) is 65.2 Å². The Morgan fingerprint density at radius 1 is 1.09 bits per heavy atom. The molecule has 0 aliphatic carbocycles. The number of ketones is 1. The van der Waals surface area contributed by atoms with Crippen molar-refractivity contribution in [1.29, 1.82) is 0 Å². The standard InChI is InChI=1S/C25H29NO6/c1-16(2)15-32-18-9-7-8-17(14-18)23(27)21-22(19-10-5-6-11-20(19)31-4)26(12-13-30-3)25(29)24(21)28/h5-11,14,16,22,27H,12-13,15H2,1-4H3/b23-21-. The summed E-state index contributed by atoms with van der Waals surface area (Å²) in [5.74, 6) is -0.264. The van der Waals surface area contributed by atoms with E-state index in [0.29, 0.717) is 35.2 Å². The third kappa shape index (κ3) is 4.78. The fourth-order valence-corrected chi connectivity index (χ4v) is 3.67. The molecule has 0 spiro atoms. The van der Waals surface area contributed by atoms with E-state index in [1.165, 1.54) is 19.1 Å². The Balaban J connectivity index is 2.12. The summed E-state index contributed by atoms with van der Waals surface area (Å²) in [6.45, 7) is 5.04. The number of likely N-dealkylation sites (tertiary alicyclic amines) is 1. The topological polar surface area (TPSA) is 85.3 Å². The van der Waals surface area contributed by atoms with Crippen molar-refractivity contribution in [3.8, 4) is 11.5 Å². The maximum atomic E-state index is 13.1. The summed E-state index contributed by atoms with van der Waals surface area (Å²) in [7, 11) is 3.05. The van der Waals surface area contributed by atoms with Gasteiger partial charge in [-0.25, -0.2) is 0 Å². The van der Waals surface area contributed by atoms with E-state index in [2.05, 4.69) is 0 Å². The fraction of sp³-hybridized carbons (Fsp3) is 0.360. The van der Waals surface area contributed by atoms with Crippen molar-refractivity contribution in [2.75, 3.05) is 34.0 Å². The van der Waals surface area contributed by atoms with Crippen molar-refractivity contribution in [2.45, 2.75) is 19.9 Å². The lowest BCUT2D eigenvalue weighted by atomic mass is 9.94. The van der Waals surface area contributed by atoms with E-state index in [-0.39, 0.29) is 24.5 Å². The average molecular weight is 440 g/mol. The molecule has 1 heterocycles. The van der Waals surface area contributed by atoms with Gasteiger partial charge in [-0.1, -0.05) is 44.2 Å². The lowest BCUT2D eigenvalue weighted by molar-refractivity contribution is -0.140. The molecule has 0 radical (unpaired) electrons. The molecule has 2 aromatic carbocycles. The fourth-order valence-electron chi connectivity index (χ4n) is 3.67. The monoisotopic (exact) mass is 439 g/mol. The Labute approximate surface area is 188 Å². The molecule has 1 aliphatic rings. The van der Waals surface area contributed by atoms with Crippen LogP contribution in [0.2, 0.25) is 0 Å². The highest BCUT2D eigenvalue weighted by Crippen LogP contribution is 2.42. The molecule has 1 unspecified atom stereocenters. The lowest BCUT2D eigenvalue weighted by Crippen LogP contribution is -2.32. The van der Waals surface area contributed by atoms with Crippen LogP contribution >= 0.6 is 0 Å². The van der Waals surface area contributed by atoms with Gasteiger partial charge in [0.15, 0.2) is 0 Å². The molecular formula is C25H29NO6. The molecule has 7 nitrogen and oxygen atoms in total. The van der Waals surface area contributed by atoms with E-state index in [9.17, 15) is 14.7 Å². The van der Waals surface area contributed by atoms with E-state index in [4.69, 9.17) is 14.2 Å². The third-order valence-electron chi connectivity index (χ3n) is 5.20. The lowest BCUT2D eigenvalue weighted by Gasteiger charge is -2.26. The zero-order valence-corrected chi connectivity index (χ0v) is 18.8. The van der Waals surface area contributed by atoms with Crippen LogP contribution in [0.15, 0.2) is 54.1 Å². The number of hydrogen-bond donors (Lipinski definition) is 1. The highest BCUT2D eigenvalue weighted by Gasteiger charge is 2.46. The van der Waals surface area contributed by atoms with Crippen molar-refractivity contribution in [2.24, 2.45) is 5.92 Å². The summed E-state index contributed by atoms with van der Waals surface area (Å²) in [5, 5.41) is 11.2. The van der Waals surface area contributed by atoms with E-state index in [1.807, 2.05) is 13.8 Å². The molecule has 2 aromatic rings. The number of nitrogens with zero attached hydrogens (tertiary/aromatic N) is 1. The molecule has 3 rings (SSSR count). The summed E-state index contributed by atoms with van der Waals surface area (Å²) in [4.78, 5) is 27.4. The predicted molar refractivity (Wildman–Crippen MR) is 121 cm³/mol. The van der Waals surface area contributed by atoms with E-state index in [1.54, 1.807) is 48.5 Å². The quantitative estimate of drug-likeness (QED) is 0.363. The van der Waals surface area contributed by atoms with Crippen molar-refractivity contribution in [1.82, 2.24) is 4.90 Å². The number of hydrogen-bond acceptors (Lipinski definition) is 6. The van der Waals surface area contributed by atoms with Gasteiger partial charge in [0.25, 0.3) is 11.7 Å². The molecule has 1 saturated heterocycles. The van der Waals surface area contributed by atoms with Crippen LogP contribution in [0.1, 0.15) is 31.0 Å². The van der Waals surface area contributed by atoms with Gasteiger partial charge in [0.2, 0.25) is 0 Å². The van der Waals surface area contributed by atoms with Crippen molar-refractivity contribution < 1.29 is 28.9 Å².